The molecule has 5 N–H and O–H groups in total. The molecule has 2 aromatic carbocycles. The van der Waals surface area contributed by atoms with E-state index in [-0.39, 0.29) is 17.5 Å². The second-order valence-electron chi connectivity index (χ2n) is 4.18. The molecule has 0 heterocycles. The molecule has 1 amide bonds. The van der Waals surface area contributed by atoms with Gasteiger partial charge in [0.2, 0.25) is 0 Å². The van der Waals surface area contributed by atoms with Crippen molar-refractivity contribution < 1.29 is 15.1 Å². The Labute approximate surface area is 129 Å². The fourth-order valence-corrected chi connectivity index (χ4v) is 1.89. The zero-order valence-electron chi connectivity index (χ0n) is 10.7. The minimum Gasteiger partial charge on any atom is -0.507 e. The number of nitrogens with zero attached hydrogens (tertiary/aromatic N) is 1. The lowest BCUT2D eigenvalue weighted by atomic mass is 10.1. The van der Waals surface area contributed by atoms with Crippen LogP contribution in [0.3, 0.4) is 0 Å². The van der Waals surface area contributed by atoms with Gasteiger partial charge in [-0.25, -0.2) is 0 Å². The molecule has 6 nitrogen and oxygen atoms in total. The lowest BCUT2D eigenvalue weighted by Crippen LogP contribution is -2.14. The quantitative estimate of drug-likeness (QED) is 0.295. The van der Waals surface area contributed by atoms with Crippen LogP contribution in [-0.4, -0.2) is 22.1 Å². The van der Waals surface area contributed by atoms with Crippen LogP contribution in [0.15, 0.2) is 52.1 Å². The van der Waals surface area contributed by atoms with Crippen LogP contribution in [0.5, 0.6) is 5.75 Å². The van der Waals surface area contributed by atoms with Crippen LogP contribution < -0.4 is 11.1 Å². The Morgan fingerprint density at radius 3 is 2.33 bits per heavy atom. The fourth-order valence-electron chi connectivity index (χ4n) is 1.64. The monoisotopic (exact) mass is 349 g/mol. The van der Waals surface area contributed by atoms with E-state index < -0.39 is 0 Å². The lowest BCUT2D eigenvalue weighted by molar-refractivity contribution is 0.102. The van der Waals surface area contributed by atoms with E-state index in [9.17, 15) is 9.90 Å². The Kier molecular flexibility index (Phi) is 4.44. The molecule has 7 heteroatoms. The summed E-state index contributed by atoms with van der Waals surface area (Å²) in [6, 6.07) is 11.0. The SMILES string of the molecule is N/C(=N/O)c1ccc(NC(=O)c2ccc(Br)c(O)c2)cc1. The maximum atomic E-state index is 12.0. The topological polar surface area (TPSA) is 108 Å². The van der Waals surface area contributed by atoms with Crippen molar-refractivity contribution in [1.29, 1.82) is 0 Å². The number of phenols is 1. The normalized spacial score (nSPS) is 11.2. The number of oxime groups is 1. The molecule has 0 unspecified atom stereocenters. The van der Waals surface area contributed by atoms with Crippen molar-refractivity contribution in [3.05, 3.63) is 58.1 Å². The first-order valence-electron chi connectivity index (χ1n) is 5.89. The highest BCUT2D eigenvalue weighted by molar-refractivity contribution is 9.10. The number of nitrogens with two attached hydrogens (primary N) is 1. The third-order valence-corrected chi connectivity index (χ3v) is 3.43. The summed E-state index contributed by atoms with van der Waals surface area (Å²) in [5.41, 5.74) is 6.87. The summed E-state index contributed by atoms with van der Waals surface area (Å²) >= 11 is 3.15. The van der Waals surface area contributed by atoms with Crippen LogP contribution in [0.25, 0.3) is 0 Å². The minimum atomic E-state index is -0.352. The summed E-state index contributed by atoms with van der Waals surface area (Å²) in [6.45, 7) is 0. The van der Waals surface area contributed by atoms with Gasteiger partial charge in [-0.05, 0) is 58.4 Å². The van der Waals surface area contributed by atoms with E-state index in [0.29, 0.717) is 21.3 Å². The first kappa shape index (κ1) is 14.9. The van der Waals surface area contributed by atoms with Gasteiger partial charge in [-0.1, -0.05) is 5.16 Å². The molecule has 0 saturated heterocycles. The minimum absolute atomic E-state index is 0.00860. The molecule has 21 heavy (non-hydrogen) atoms. The van der Waals surface area contributed by atoms with Gasteiger partial charge < -0.3 is 21.4 Å². The molecule has 0 atom stereocenters. The van der Waals surface area contributed by atoms with E-state index in [2.05, 4.69) is 26.4 Å². The number of hydrogen-bond donors (Lipinski definition) is 4. The maximum absolute atomic E-state index is 12.0. The predicted octanol–water partition coefficient (Wildman–Crippen LogP) is 2.50. The largest absolute Gasteiger partial charge is 0.507 e. The van der Waals surface area contributed by atoms with Crippen molar-refractivity contribution in [2.45, 2.75) is 0 Å². The number of carbonyl (C=O) groups excluding carboxylic acids is 1. The smallest absolute Gasteiger partial charge is 0.255 e. The molecule has 108 valence electrons. The van der Waals surface area contributed by atoms with Gasteiger partial charge in [0.1, 0.15) is 5.75 Å². The number of nitrogens with one attached hydrogen (secondary N) is 1. The second kappa shape index (κ2) is 6.27. The van der Waals surface area contributed by atoms with Crippen molar-refractivity contribution in [3.63, 3.8) is 0 Å². The Bertz CT molecular complexity index is 699. The Morgan fingerprint density at radius 2 is 1.76 bits per heavy atom. The van der Waals surface area contributed by atoms with Gasteiger partial charge >= 0.3 is 0 Å². The van der Waals surface area contributed by atoms with E-state index in [4.69, 9.17) is 10.9 Å². The molecular formula is C14H12BrN3O3. The number of rotatable bonds is 3. The number of anilines is 1. The number of benzene rings is 2. The van der Waals surface area contributed by atoms with Crippen molar-refractivity contribution >= 4 is 33.4 Å². The molecule has 0 saturated carbocycles. The third-order valence-electron chi connectivity index (χ3n) is 2.75. The molecule has 0 aliphatic rings. The number of amidine groups is 1. The van der Waals surface area contributed by atoms with E-state index in [1.807, 2.05) is 0 Å². The van der Waals surface area contributed by atoms with Crippen molar-refractivity contribution in [2.24, 2.45) is 10.9 Å². The van der Waals surface area contributed by atoms with Gasteiger partial charge in [-0.3, -0.25) is 4.79 Å². The van der Waals surface area contributed by atoms with Gasteiger partial charge in [0.15, 0.2) is 5.84 Å². The zero-order valence-corrected chi connectivity index (χ0v) is 12.3. The Morgan fingerprint density at radius 1 is 1.14 bits per heavy atom. The van der Waals surface area contributed by atoms with Gasteiger partial charge in [0, 0.05) is 16.8 Å². The molecule has 0 radical (unpaired) electrons. The van der Waals surface area contributed by atoms with E-state index >= 15 is 0 Å². The second-order valence-corrected chi connectivity index (χ2v) is 5.04. The average molecular weight is 350 g/mol. The number of carbonyl (C=O) groups is 1. The zero-order chi connectivity index (χ0) is 15.4. The van der Waals surface area contributed by atoms with Gasteiger partial charge in [0.05, 0.1) is 4.47 Å². The molecular weight excluding hydrogens is 338 g/mol. The average Bonchev–Trinajstić information content (AvgIpc) is 2.50. The summed E-state index contributed by atoms with van der Waals surface area (Å²) in [4.78, 5) is 12.0. The first-order valence-corrected chi connectivity index (χ1v) is 6.68. The van der Waals surface area contributed by atoms with E-state index in [1.54, 1.807) is 36.4 Å². The third kappa shape index (κ3) is 3.51. The first-order chi connectivity index (χ1) is 10.0. The van der Waals surface area contributed by atoms with Crippen LogP contribution in [0.1, 0.15) is 15.9 Å². The van der Waals surface area contributed by atoms with Crippen LogP contribution in [0.2, 0.25) is 0 Å². The number of amides is 1. The van der Waals surface area contributed by atoms with E-state index in [1.165, 1.54) is 6.07 Å². The van der Waals surface area contributed by atoms with Gasteiger partial charge in [-0.2, -0.15) is 0 Å². The summed E-state index contributed by atoms with van der Waals surface area (Å²) in [7, 11) is 0. The standard InChI is InChI=1S/C14H12BrN3O3/c15-11-6-3-9(7-12(11)19)14(20)17-10-4-1-8(2-5-10)13(16)18-21/h1-7,19,21H,(H2,16,18)(H,17,20). The molecule has 0 aliphatic carbocycles. The summed E-state index contributed by atoms with van der Waals surface area (Å²) < 4.78 is 0.516. The maximum Gasteiger partial charge on any atom is 0.255 e. The molecule has 2 aromatic rings. The Hall–Kier alpha value is -2.54. The van der Waals surface area contributed by atoms with Gasteiger partial charge in [0.25, 0.3) is 5.91 Å². The molecule has 0 aromatic heterocycles. The molecule has 0 bridgehead atoms. The highest BCUT2D eigenvalue weighted by Crippen LogP contribution is 2.24. The highest BCUT2D eigenvalue weighted by atomic mass is 79.9. The molecule has 0 spiro atoms. The van der Waals surface area contributed by atoms with E-state index in [0.717, 1.165) is 0 Å². The number of phenolic OH excluding ortho intramolecular Hbond substituents is 1. The molecule has 0 fully saturated rings. The van der Waals surface area contributed by atoms with Crippen LogP contribution in [0.4, 0.5) is 5.69 Å². The van der Waals surface area contributed by atoms with Crippen LogP contribution >= 0.6 is 15.9 Å². The van der Waals surface area contributed by atoms with Crippen molar-refractivity contribution in [3.8, 4) is 5.75 Å². The number of halogens is 1. The van der Waals surface area contributed by atoms with Crippen LogP contribution in [-0.2, 0) is 0 Å². The van der Waals surface area contributed by atoms with Crippen molar-refractivity contribution in [1.82, 2.24) is 0 Å². The molecule has 2 rings (SSSR count). The number of aromatic hydroxyl groups is 1. The summed E-state index contributed by atoms with van der Waals surface area (Å²) in [6.07, 6.45) is 0. The van der Waals surface area contributed by atoms with Crippen LogP contribution in [0, 0.1) is 0 Å². The highest BCUT2D eigenvalue weighted by Gasteiger charge is 2.09. The van der Waals surface area contributed by atoms with Crippen molar-refractivity contribution in [2.75, 3.05) is 5.32 Å². The molecule has 0 aliphatic heterocycles. The Balaban J connectivity index is 2.14. The fraction of sp³-hybridized carbons (Fsp3) is 0. The number of hydrogen-bond acceptors (Lipinski definition) is 4. The lowest BCUT2D eigenvalue weighted by Gasteiger charge is -2.07. The summed E-state index contributed by atoms with van der Waals surface area (Å²) in [5, 5.41) is 23.7. The predicted molar refractivity (Wildman–Crippen MR) is 82.7 cm³/mol. The summed E-state index contributed by atoms with van der Waals surface area (Å²) in [5.74, 6) is -0.370. The van der Waals surface area contributed by atoms with Gasteiger partial charge in [-0.15, -0.1) is 0 Å².